The molecule has 7 heteroatoms. The highest BCUT2D eigenvalue weighted by atomic mass is 35.5. The second-order valence-electron chi connectivity index (χ2n) is 7.94. The number of ether oxygens (including phenoxy) is 2. The third kappa shape index (κ3) is 3.72. The van der Waals surface area contributed by atoms with Crippen LogP contribution in [0.3, 0.4) is 0 Å². The molecule has 3 aliphatic rings. The average molecular weight is 427 g/mol. The second-order valence-corrected chi connectivity index (χ2v) is 8.38. The van der Waals surface area contributed by atoms with E-state index in [0.717, 1.165) is 24.1 Å². The summed E-state index contributed by atoms with van der Waals surface area (Å²) in [4.78, 5) is 29.8. The van der Waals surface area contributed by atoms with Gasteiger partial charge in [-0.3, -0.25) is 9.59 Å². The molecule has 0 atom stereocenters. The quantitative estimate of drug-likeness (QED) is 0.698. The zero-order chi connectivity index (χ0) is 20.7. The lowest BCUT2D eigenvalue weighted by molar-refractivity contribution is -0.132. The molecular weight excluding hydrogens is 404 g/mol. The van der Waals surface area contributed by atoms with Gasteiger partial charge < -0.3 is 19.3 Å². The van der Waals surface area contributed by atoms with Crippen molar-refractivity contribution in [2.45, 2.75) is 31.8 Å². The van der Waals surface area contributed by atoms with Crippen molar-refractivity contribution in [1.82, 2.24) is 4.90 Å². The van der Waals surface area contributed by atoms with Gasteiger partial charge in [0.2, 0.25) is 5.91 Å². The summed E-state index contributed by atoms with van der Waals surface area (Å²) in [6.45, 7) is 2.14. The molecule has 5 rings (SSSR count). The molecule has 1 saturated carbocycles. The van der Waals surface area contributed by atoms with Gasteiger partial charge in [-0.05, 0) is 49.2 Å². The maximum atomic E-state index is 12.9. The van der Waals surface area contributed by atoms with Gasteiger partial charge in [0.1, 0.15) is 13.2 Å². The lowest BCUT2D eigenvalue weighted by atomic mass is 10.0. The molecule has 0 saturated heterocycles. The Morgan fingerprint density at radius 1 is 1.07 bits per heavy atom. The monoisotopic (exact) mass is 426 g/mol. The number of hydrogen-bond acceptors (Lipinski definition) is 5. The minimum absolute atomic E-state index is 0.0143. The summed E-state index contributed by atoms with van der Waals surface area (Å²) in [5.74, 6) is 1.51. The molecule has 0 aromatic heterocycles. The summed E-state index contributed by atoms with van der Waals surface area (Å²) in [5.41, 5.74) is 2.46. The van der Waals surface area contributed by atoms with E-state index in [2.05, 4.69) is 0 Å². The van der Waals surface area contributed by atoms with Crippen molar-refractivity contribution in [2.24, 2.45) is 0 Å². The minimum atomic E-state index is -0.0143. The highest BCUT2D eigenvalue weighted by Gasteiger charge is 2.36. The second kappa shape index (κ2) is 7.84. The number of nitrogens with zero attached hydrogens (tertiary/aromatic N) is 2. The maximum absolute atomic E-state index is 12.9. The Bertz CT molecular complexity index is 987. The van der Waals surface area contributed by atoms with E-state index in [0.29, 0.717) is 60.9 Å². The van der Waals surface area contributed by atoms with Gasteiger partial charge >= 0.3 is 0 Å². The van der Waals surface area contributed by atoms with E-state index < -0.39 is 0 Å². The van der Waals surface area contributed by atoms with Crippen LogP contribution in [-0.2, 0) is 11.3 Å². The summed E-state index contributed by atoms with van der Waals surface area (Å²) in [6.07, 6.45) is 2.48. The largest absolute Gasteiger partial charge is 0.486 e. The first-order chi connectivity index (χ1) is 14.6. The van der Waals surface area contributed by atoms with E-state index in [9.17, 15) is 9.59 Å². The normalized spacial score (nSPS) is 18.5. The molecule has 0 spiro atoms. The number of halogens is 1. The molecule has 0 radical (unpaired) electrons. The molecule has 30 heavy (non-hydrogen) atoms. The fourth-order valence-corrected chi connectivity index (χ4v) is 4.28. The van der Waals surface area contributed by atoms with E-state index in [-0.39, 0.29) is 18.2 Å². The minimum Gasteiger partial charge on any atom is -0.486 e. The van der Waals surface area contributed by atoms with Crippen LogP contribution in [0.4, 0.5) is 5.69 Å². The summed E-state index contributed by atoms with van der Waals surface area (Å²) in [7, 11) is 0. The third-order valence-corrected chi connectivity index (χ3v) is 6.11. The van der Waals surface area contributed by atoms with Gasteiger partial charge in [-0.2, -0.15) is 0 Å². The number of carbonyl (C=O) groups excluding carboxylic acids is 2. The van der Waals surface area contributed by atoms with Crippen molar-refractivity contribution in [1.29, 1.82) is 0 Å². The zero-order valence-corrected chi connectivity index (χ0v) is 17.4. The van der Waals surface area contributed by atoms with E-state index >= 15 is 0 Å². The highest BCUT2D eigenvalue weighted by Crippen LogP contribution is 2.43. The molecular formula is C23H23ClN2O4. The Hall–Kier alpha value is -2.73. The van der Waals surface area contributed by atoms with Crippen LogP contribution in [0.25, 0.3) is 0 Å². The van der Waals surface area contributed by atoms with Crippen molar-refractivity contribution < 1.29 is 19.1 Å². The number of ketones is 1. The van der Waals surface area contributed by atoms with Crippen LogP contribution in [0.5, 0.6) is 11.5 Å². The lowest BCUT2D eigenvalue weighted by Crippen LogP contribution is -2.41. The molecule has 1 fully saturated rings. The van der Waals surface area contributed by atoms with Crippen LogP contribution in [0.15, 0.2) is 36.4 Å². The fourth-order valence-electron chi connectivity index (χ4n) is 4.15. The predicted molar refractivity (Wildman–Crippen MR) is 114 cm³/mol. The first-order valence-corrected chi connectivity index (χ1v) is 10.7. The van der Waals surface area contributed by atoms with E-state index in [1.807, 2.05) is 21.9 Å². The topological polar surface area (TPSA) is 59.1 Å². The number of anilines is 1. The van der Waals surface area contributed by atoms with Crippen LogP contribution in [0, 0.1) is 0 Å². The van der Waals surface area contributed by atoms with E-state index in [4.69, 9.17) is 21.1 Å². The van der Waals surface area contributed by atoms with Crippen molar-refractivity contribution >= 4 is 29.0 Å². The molecule has 1 aliphatic carbocycles. The summed E-state index contributed by atoms with van der Waals surface area (Å²) < 4.78 is 11.7. The Kier molecular flexibility index (Phi) is 5.03. The number of Topliss-reactive ketones (excluding diaryl/α,β-unsaturated/α-hetero) is 1. The molecule has 2 aliphatic heterocycles. The highest BCUT2D eigenvalue weighted by molar-refractivity contribution is 6.30. The number of fused-ring (bicyclic) bond motifs is 3. The van der Waals surface area contributed by atoms with Gasteiger partial charge in [-0.25, -0.2) is 0 Å². The number of carbonyl (C=O) groups is 2. The van der Waals surface area contributed by atoms with Crippen LogP contribution in [-0.4, -0.2) is 48.9 Å². The van der Waals surface area contributed by atoms with Crippen molar-refractivity contribution in [2.75, 3.05) is 31.2 Å². The number of hydrogen-bond donors (Lipinski definition) is 0. The molecule has 2 aromatic rings. The summed E-state index contributed by atoms with van der Waals surface area (Å²) >= 11 is 5.95. The molecule has 156 valence electrons. The SMILES string of the molecule is O=C(CN1CCC(=O)N(C2CC2)Cc2c1ccc1c2OCCO1)c1ccc(Cl)cc1. The van der Waals surface area contributed by atoms with Crippen LogP contribution >= 0.6 is 11.6 Å². The number of rotatable bonds is 4. The Balaban J connectivity index is 1.50. The molecule has 6 nitrogen and oxygen atoms in total. The Morgan fingerprint density at radius 2 is 1.83 bits per heavy atom. The number of benzene rings is 2. The van der Waals surface area contributed by atoms with Gasteiger partial charge in [0, 0.05) is 40.8 Å². The molecule has 2 aromatic carbocycles. The van der Waals surface area contributed by atoms with Gasteiger partial charge in [-0.1, -0.05) is 11.6 Å². The third-order valence-electron chi connectivity index (χ3n) is 5.86. The molecule has 1 amide bonds. The maximum Gasteiger partial charge on any atom is 0.224 e. The smallest absolute Gasteiger partial charge is 0.224 e. The van der Waals surface area contributed by atoms with Crippen molar-refractivity contribution in [3.05, 3.63) is 52.5 Å². The first kappa shape index (κ1) is 19.2. The first-order valence-electron chi connectivity index (χ1n) is 10.3. The molecule has 0 bridgehead atoms. The number of amides is 1. The van der Waals surface area contributed by atoms with Crippen LogP contribution in [0.2, 0.25) is 5.02 Å². The van der Waals surface area contributed by atoms with E-state index in [1.54, 1.807) is 24.3 Å². The van der Waals surface area contributed by atoms with E-state index in [1.165, 1.54) is 0 Å². The summed E-state index contributed by atoms with van der Waals surface area (Å²) in [5, 5.41) is 0.595. The fraction of sp³-hybridized carbons (Fsp3) is 0.391. The van der Waals surface area contributed by atoms with Crippen molar-refractivity contribution in [3.63, 3.8) is 0 Å². The van der Waals surface area contributed by atoms with Crippen LogP contribution in [0.1, 0.15) is 35.2 Å². The lowest BCUT2D eigenvalue weighted by Gasteiger charge is -2.35. The zero-order valence-electron chi connectivity index (χ0n) is 16.6. The summed E-state index contributed by atoms with van der Waals surface area (Å²) in [6, 6.07) is 11.1. The predicted octanol–water partition coefficient (Wildman–Crippen LogP) is 3.70. The average Bonchev–Trinajstić information content (AvgIpc) is 3.59. The van der Waals surface area contributed by atoms with Crippen molar-refractivity contribution in [3.8, 4) is 11.5 Å². The molecule has 0 unspecified atom stereocenters. The Labute approximate surface area is 180 Å². The Morgan fingerprint density at radius 3 is 2.60 bits per heavy atom. The standard InChI is InChI=1S/C23H23ClN2O4/c24-16-3-1-15(2-4-16)20(27)14-25-10-9-22(28)26(17-5-6-17)13-18-19(25)7-8-21-23(18)30-12-11-29-21/h1-4,7-8,17H,5-6,9-14H2. The van der Waals surface area contributed by atoms with Gasteiger partial charge in [0.05, 0.1) is 13.1 Å². The van der Waals surface area contributed by atoms with Gasteiger partial charge in [0.15, 0.2) is 17.3 Å². The molecule has 2 heterocycles. The molecule has 0 N–H and O–H groups in total. The van der Waals surface area contributed by atoms with Gasteiger partial charge in [-0.15, -0.1) is 0 Å². The van der Waals surface area contributed by atoms with Crippen LogP contribution < -0.4 is 14.4 Å². The van der Waals surface area contributed by atoms with Gasteiger partial charge in [0.25, 0.3) is 0 Å².